The molecule has 8 nitrogen and oxygen atoms in total. The summed E-state index contributed by atoms with van der Waals surface area (Å²) in [4.78, 5) is 31.9. The average molecular weight is 426 g/mol. The number of amides is 3. The lowest BCUT2D eigenvalue weighted by Crippen LogP contribution is -2.55. The van der Waals surface area contributed by atoms with Crippen molar-refractivity contribution >= 4 is 17.6 Å². The molecule has 2 aliphatic rings. The first-order valence-corrected chi connectivity index (χ1v) is 11.0. The molecule has 8 heteroatoms. The van der Waals surface area contributed by atoms with E-state index in [1.807, 2.05) is 42.0 Å². The molecule has 1 fully saturated rings. The highest BCUT2D eigenvalue weighted by Crippen LogP contribution is 2.40. The molecule has 2 aromatic rings. The van der Waals surface area contributed by atoms with Gasteiger partial charge in [0.2, 0.25) is 0 Å². The van der Waals surface area contributed by atoms with Gasteiger partial charge in [-0.3, -0.25) is 4.79 Å². The Balaban J connectivity index is 1.44. The third kappa shape index (κ3) is 4.44. The van der Waals surface area contributed by atoms with E-state index >= 15 is 0 Å². The number of fused-ring (bicyclic) bond motifs is 2. The molecule has 31 heavy (non-hydrogen) atoms. The maximum Gasteiger partial charge on any atom is 0.321 e. The van der Waals surface area contributed by atoms with Gasteiger partial charge in [-0.2, -0.15) is 0 Å². The van der Waals surface area contributed by atoms with Gasteiger partial charge >= 0.3 is 6.03 Å². The number of hydrogen-bond acceptors (Lipinski definition) is 4. The number of ether oxygens (including phenoxy) is 1. The molecule has 0 aliphatic carbocycles. The van der Waals surface area contributed by atoms with Gasteiger partial charge in [0.25, 0.3) is 5.91 Å². The normalized spacial score (nSPS) is 19.9. The molecule has 2 N–H and O–H groups in total. The number of nitrogens with one attached hydrogen (secondary N) is 2. The average Bonchev–Trinajstić information content (AvgIpc) is 3.24. The van der Waals surface area contributed by atoms with E-state index in [9.17, 15) is 9.59 Å². The number of aromatic nitrogens is 2. The number of para-hydroxylation sites is 1. The van der Waals surface area contributed by atoms with Gasteiger partial charge in [-0.1, -0.05) is 32.0 Å². The largest absolute Gasteiger partial charge is 0.354 e. The maximum absolute atomic E-state index is 12.8. The van der Waals surface area contributed by atoms with Gasteiger partial charge in [-0.05, 0) is 24.5 Å². The summed E-state index contributed by atoms with van der Waals surface area (Å²) in [5.41, 5.74) is 1.19. The number of aryl methyl sites for hydroxylation is 1. The van der Waals surface area contributed by atoms with Crippen molar-refractivity contribution in [3.8, 4) is 0 Å². The summed E-state index contributed by atoms with van der Waals surface area (Å²) in [6.07, 6.45) is 4.29. The Morgan fingerprint density at radius 2 is 2.00 bits per heavy atom. The molecule has 166 valence electrons. The molecule has 3 amide bonds. The van der Waals surface area contributed by atoms with E-state index in [1.165, 1.54) is 0 Å². The van der Waals surface area contributed by atoms with E-state index < -0.39 is 11.7 Å². The van der Waals surface area contributed by atoms with Crippen molar-refractivity contribution in [1.29, 1.82) is 0 Å². The summed E-state index contributed by atoms with van der Waals surface area (Å²) in [7, 11) is 0. The van der Waals surface area contributed by atoms with E-state index in [4.69, 9.17) is 4.74 Å². The first-order chi connectivity index (χ1) is 14.9. The number of rotatable bonds is 4. The third-order valence-corrected chi connectivity index (χ3v) is 6.08. The lowest BCUT2D eigenvalue weighted by Gasteiger charge is -2.45. The molecule has 2 aliphatic heterocycles. The number of carbonyl (C=O) groups excluding carboxylic acids is 2. The van der Waals surface area contributed by atoms with Gasteiger partial charge in [-0.15, -0.1) is 0 Å². The van der Waals surface area contributed by atoms with Gasteiger partial charge in [0.1, 0.15) is 11.4 Å². The van der Waals surface area contributed by atoms with E-state index in [2.05, 4.69) is 29.5 Å². The summed E-state index contributed by atoms with van der Waals surface area (Å²) in [5.74, 6) is 1.13. The summed E-state index contributed by atoms with van der Waals surface area (Å²) in [5, 5.41) is 5.99. The Kier molecular flexibility index (Phi) is 6.00. The van der Waals surface area contributed by atoms with Crippen LogP contribution in [0.15, 0.2) is 36.7 Å². The summed E-state index contributed by atoms with van der Waals surface area (Å²) in [6.45, 7) is 8.25. The number of carbonyl (C=O) groups is 2. The van der Waals surface area contributed by atoms with Crippen molar-refractivity contribution in [3.05, 3.63) is 48.0 Å². The monoisotopic (exact) mass is 425 g/mol. The fourth-order valence-electron chi connectivity index (χ4n) is 4.27. The van der Waals surface area contributed by atoms with Crippen molar-refractivity contribution in [2.75, 3.05) is 25.0 Å². The third-order valence-electron chi connectivity index (χ3n) is 6.08. The molecule has 0 radical (unpaired) electrons. The van der Waals surface area contributed by atoms with Crippen LogP contribution >= 0.6 is 0 Å². The van der Waals surface area contributed by atoms with E-state index in [1.54, 1.807) is 11.1 Å². The van der Waals surface area contributed by atoms with E-state index in [0.29, 0.717) is 44.9 Å². The molecular weight excluding hydrogens is 394 g/mol. The highest BCUT2D eigenvalue weighted by atomic mass is 16.5. The second-order valence-electron chi connectivity index (χ2n) is 8.88. The lowest BCUT2D eigenvalue weighted by molar-refractivity contribution is -0.171. The molecular formula is C23H31N5O3. The van der Waals surface area contributed by atoms with Crippen molar-refractivity contribution in [2.45, 2.75) is 51.9 Å². The fourth-order valence-corrected chi connectivity index (χ4v) is 4.27. The second kappa shape index (κ2) is 8.70. The number of piperidine rings is 1. The predicted octanol–water partition coefficient (Wildman–Crippen LogP) is 2.89. The molecule has 1 spiro atoms. The van der Waals surface area contributed by atoms with Gasteiger partial charge in [0.15, 0.2) is 6.10 Å². The highest BCUT2D eigenvalue weighted by molar-refractivity contribution is 5.90. The zero-order valence-corrected chi connectivity index (χ0v) is 18.4. The molecule has 4 rings (SSSR count). The zero-order chi connectivity index (χ0) is 22.0. The van der Waals surface area contributed by atoms with Crippen molar-refractivity contribution in [3.63, 3.8) is 0 Å². The Hall–Kier alpha value is -2.87. The van der Waals surface area contributed by atoms with Gasteiger partial charge in [-0.25, -0.2) is 9.78 Å². The van der Waals surface area contributed by atoms with Crippen LogP contribution in [-0.4, -0.2) is 52.1 Å². The van der Waals surface area contributed by atoms with Crippen molar-refractivity contribution in [1.82, 2.24) is 19.8 Å². The standard InChI is InChI=1S/C23H31N5O3/c1-16(2)14-25-20(29)19-15-28-13-10-24-21(28)23(31-19)8-11-27(12-9-23)22(30)26-18-7-5-4-6-17(18)3/h4-7,10,13,16,19H,8-9,11-12,14-15H2,1-3H3,(H,25,29)(H,26,30)/t19-/m0/s1. The van der Waals surface area contributed by atoms with Crippen LogP contribution in [0, 0.1) is 12.8 Å². The zero-order valence-electron chi connectivity index (χ0n) is 18.4. The predicted molar refractivity (Wildman–Crippen MR) is 118 cm³/mol. The van der Waals surface area contributed by atoms with Crippen molar-refractivity contribution in [2.24, 2.45) is 5.92 Å². The maximum atomic E-state index is 12.8. The quantitative estimate of drug-likeness (QED) is 0.788. The van der Waals surface area contributed by atoms with Gasteiger partial charge in [0.05, 0.1) is 6.54 Å². The van der Waals surface area contributed by atoms with Crippen LogP contribution in [0.1, 0.15) is 38.1 Å². The first-order valence-electron chi connectivity index (χ1n) is 11.0. The Morgan fingerprint density at radius 1 is 1.26 bits per heavy atom. The number of benzene rings is 1. The highest BCUT2D eigenvalue weighted by Gasteiger charge is 2.47. The fraction of sp³-hybridized carbons (Fsp3) is 0.522. The molecule has 1 aromatic heterocycles. The first kappa shape index (κ1) is 21.4. The molecule has 0 saturated carbocycles. The molecule has 0 bridgehead atoms. The van der Waals surface area contributed by atoms with Gasteiger partial charge < -0.3 is 24.8 Å². The molecule has 1 aromatic carbocycles. The topological polar surface area (TPSA) is 88.5 Å². The summed E-state index contributed by atoms with van der Waals surface area (Å²) >= 11 is 0. The lowest BCUT2D eigenvalue weighted by atomic mass is 9.88. The van der Waals surface area contributed by atoms with Crippen LogP contribution in [0.25, 0.3) is 0 Å². The van der Waals surface area contributed by atoms with Crippen LogP contribution < -0.4 is 10.6 Å². The Labute approximate surface area is 183 Å². The van der Waals surface area contributed by atoms with Crippen LogP contribution in [0.3, 0.4) is 0 Å². The number of urea groups is 1. The SMILES string of the molecule is Cc1ccccc1NC(=O)N1CCC2(CC1)O[C@H](C(=O)NCC(C)C)Cn1ccnc12. The van der Waals surface area contributed by atoms with Crippen LogP contribution in [0.2, 0.25) is 0 Å². The minimum atomic E-state index is -0.652. The van der Waals surface area contributed by atoms with E-state index in [-0.39, 0.29) is 11.9 Å². The second-order valence-corrected chi connectivity index (χ2v) is 8.88. The Morgan fingerprint density at radius 3 is 2.71 bits per heavy atom. The van der Waals surface area contributed by atoms with Crippen LogP contribution in [0.4, 0.5) is 10.5 Å². The van der Waals surface area contributed by atoms with Gasteiger partial charge in [0, 0.05) is 50.6 Å². The Bertz CT molecular complexity index is 946. The molecule has 3 heterocycles. The van der Waals surface area contributed by atoms with E-state index in [0.717, 1.165) is 17.1 Å². The number of anilines is 1. The number of nitrogens with zero attached hydrogens (tertiary/aromatic N) is 3. The van der Waals surface area contributed by atoms with Crippen LogP contribution in [-0.2, 0) is 21.7 Å². The smallest absolute Gasteiger partial charge is 0.321 e. The van der Waals surface area contributed by atoms with Crippen LogP contribution in [0.5, 0.6) is 0 Å². The number of likely N-dealkylation sites (tertiary alicyclic amines) is 1. The molecule has 1 atom stereocenters. The summed E-state index contributed by atoms with van der Waals surface area (Å²) < 4.78 is 8.43. The number of imidazole rings is 1. The number of hydrogen-bond donors (Lipinski definition) is 2. The minimum Gasteiger partial charge on any atom is -0.354 e. The minimum absolute atomic E-state index is 0.0906. The summed E-state index contributed by atoms with van der Waals surface area (Å²) in [6, 6.07) is 7.62. The van der Waals surface area contributed by atoms with Crippen molar-refractivity contribution < 1.29 is 14.3 Å². The molecule has 1 saturated heterocycles. The molecule has 0 unspecified atom stereocenters.